The molecule has 0 radical (unpaired) electrons. The number of hydrogen-bond acceptors (Lipinski definition) is 0. The van der Waals surface area contributed by atoms with Crippen LogP contribution in [0.25, 0.3) is 0 Å². The zero-order chi connectivity index (χ0) is 7.28. The Kier molecular flexibility index (Phi) is 5.10. The topological polar surface area (TPSA) is 0 Å². The van der Waals surface area contributed by atoms with Crippen molar-refractivity contribution in [3.63, 3.8) is 0 Å². The summed E-state index contributed by atoms with van der Waals surface area (Å²) in [6, 6.07) is 0. The van der Waals surface area contributed by atoms with Gasteiger partial charge in [0.25, 0.3) is 0 Å². The molecule has 0 nitrogen and oxygen atoms in total. The molecule has 0 heterocycles. The third-order valence-electron chi connectivity index (χ3n) is 0.620. The summed E-state index contributed by atoms with van der Waals surface area (Å²) >= 11 is 6.53. The first-order chi connectivity index (χ1) is 4.16. The standard InChI is InChI=1S/C7H8Br2/c1-3-4-7(9)5-6(2)8/h3-5H,2H2,1H3/b4-3-,7-5+. The van der Waals surface area contributed by atoms with Crippen molar-refractivity contribution in [2.45, 2.75) is 6.92 Å². The fourth-order valence-corrected chi connectivity index (χ4v) is 1.45. The van der Waals surface area contributed by atoms with E-state index < -0.39 is 0 Å². The van der Waals surface area contributed by atoms with Crippen molar-refractivity contribution in [2.24, 2.45) is 0 Å². The van der Waals surface area contributed by atoms with Crippen LogP contribution >= 0.6 is 31.9 Å². The molecule has 0 rings (SSSR count). The van der Waals surface area contributed by atoms with E-state index in [4.69, 9.17) is 0 Å². The third kappa shape index (κ3) is 6.06. The second-order valence-electron chi connectivity index (χ2n) is 1.48. The Balaban J connectivity index is 4.00. The van der Waals surface area contributed by atoms with E-state index in [-0.39, 0.29) is 0 Å². The van der Waals surface area contributed by atoms with E-state index in [0.29, 0.717) is 0 Å². The lowest BCUT2D eigenvalue weighted by Crippen LogP contribution is -1.60. The molecular weight excluding hydrogens is 244 g/mol. The summed E-state index contributed by atoms with van der Waals surface area (Å²) in [4.78, 5) is 0. The SMILES string of the molecule is C=C(Br)/C=C(Br)\C=C/C. The van der Waals surface area contributed by atoms with E-state index in [1.807, 2.05) is 25.2 Å². The molecule has 0 aromatic carbocycles. The molecule has 0 saturated carbocycles. The fraction of sp³-hybridized carbons (Fsp3) is 0.143. The Morgan fingerprint density at radius 2 is 2.00 bits per heavy atom. The fourth-order valence-electron chi connectivity index (χ4n) is 0.357. The van der Waals surface area contributed by atoms with Gasteiger partial charge >= 0.3 is 0 Å². The molecule has 0 aromatic rings. The monoisotopic (exact) mass is 250 g/mol. The second kappa shape index (κ2) is 5.00. The van der Waals surface area contributed by atoms with Crippen molar-refractivity contribution in [3.05, 3.63) is 33.8 Å². The van der Waals surface area contributed by atoms with Crippen LogP contribution in [0, 0.1) is 0 Å². The van der Waals surface area contributed by atoms with Crippen LogP contribution in [-0.4, -0.2) is 0 Å². The summed E-state index contributed by atoms with van der Waals surface area (Å²) in [5.41, 5.74) is 0. The van der Waals surface area contributed by atoms with Gasteiger partial charge in [-0.1, -0.05) is 50.6 Å². The van der Waals surface area contributed by atoms with Crippen LogP contribution in [0.4, 0.5) is 0 Å². The molecule has 2 heteroatoms. The van der Waals surface area contributed by atoms with Crippen LogP contribution in [-0.2, 0) is 0 Å². The van der Waals surface area contributed by atoms with Gasteiger partial charge in [-0.3, -0.25) is 0 Å². The maximum Gasteiger partial charge on any atom is 0.0182 e. The van der Waals surface area contributed by atoms with E-state index in [1.54, 1.807) is 0 Å². The molecule has 50 valence electrons. The lowest BCUT2D eigenvalue weighted by atomic mass is 10.4. The van der Waals surface area contributed by atoms with Crippen LogP contribution in [0.2, 0.25) is 0 Å². The van der Waals surface area contributed by atoms with Gasteiger partial charge < -0.3 is 0 Å². The molecule has 0 atom stereocenters. The average molecular weight is 252 g/mol. The first-order valence-corrected chi connectivity index (χ1v) is 4.09. The zero-order valence-electron chi connectivity index (χ0n) is 5.20. The van der Waals surface area contributed by atoms with Crippen molar-refractivity contribution < 1.29 is 0 Å². The normalized spacial score (nSPS) is 12.6. The van der Waals surface area contributed by atoms with E-state index in [2.05, 4.69) is 38.4 Å². The molecule has 0 aliphatic rings. The highest BCUT2D eigenvalue weighted by Crippen LogP contribution is 2.12. The van der Waals surface area contributed by atoms with Gasteiger partial charge in [0.1, 0.15) is 0 Å². The van der Waals surface area contributed by atoms with Crippen molar-refractivity contribution >= 4 is 31.9 Å². The van der Waals surface area contributed by atoms with Gasteiger partial charge in [0, 0.05) is 8.96 Å². The van der Waals surface area contributed by atoms with E-state index in [0.717, 1.165) is 8.96 Å². The van der Waals surface area contributed by atoms with Crippen LogP contribution in [0.3, 0.4) is 0 Å². The maximum absolute atomic E-state index is 3.65. The van der Waals surface area contributed by atoms with E-state index in [1.165, 1.54) is 0 Å². The van der Waals surface area contributed by atoms with E-state index in [9.17, 15) is 0 Å². The molecule has 0 aromatic heterocycles. The van der Waals surface area contributed by atoms with Crippen LogP contribution in [0.15, 0.2) is 33.8 Å². The predicted molar refractivity (Wildman–Crippen MR) is 49.9 cm³/mol. The molecular formula is C7H8Br2. The average Bonchev–Trinajstić information content (AvgIpc) is 1.63. The van der Waals surface area contributed by atoms with Crippen molar-refractivity contribution in [1.29, 1.82) is 0 Å². The molecule has 0 saturated heterocycles. The highest BCUT2D eigenvalue weighted by molar-refractivity contribution is 9.12. The molecule has 0 aliphatic carbocycles. The first-order valence-electron chi connectivity index (χ1n) is 2.51. The summed E-state index contributed by atoms with van der Waals surface area (Å²) in [5.74, 6) is 0. The number of allylic oxidation sites excluding steroid dienone is 5. The number of halogens is 2. The maximum atomic E-state index is 3.65. The van der Waals surface area contributed by atoms with Crippen molar-refractivity contribution in [3.8, 4) is 0 Å². The molecule has 0 fully saturated rings. The number of rotatable bonds is 2. The highest BCUT2D eigenvalue weighted by atomic mass is 79.9. The van der Waals surface area contributed by atoms with Crippen LogP contribution in [0.5, 0.6) is 0 Å². The smallest absolute Gasteiger partial charge is 0.0182 e. The van der Waals surface area contributed by atoms with Crippen LogP contribution in [0.1, 0.15) is 6.92 Å². The lowest BCUT2D eigenvalue weighted by molar-refractivity contribution is 1.72. The summed E-state index contributed by atoms with van der Waals surface area (Å²) < 4.78 is 1.89. The summed E-state index contributed by atoms with van der Waals surface area (Å²) in [7, 11) is 0. The largest absolute Gasteiger partial charge is 0.0865 e. The lowest BCUT2D eigenvalue weighted by Gasteiger charge is -1.85. The first kappa shape index (κ1) is 9.18. The Morgan fingerprint density at radius 3 is 2.33 bits per heavy atom. The molecule has 0 unspecified atom stereocenters. The molecule has 0 amide bonds. The Bertz CT molecular complexity index is 154. The third-order valence-corrected chi connectivity index (χ3v) is 1.34. The Hall–Kier alpha value is 0.180. The number of hydrogen-bond donors (Lipinski definition) is 0. The van der Waals surface area contributed by atoms with Gasteiger partial charge in [0.2, 0.25) is 0 Å². The minimum absolute atomic E-state index is 0.868. The summed E-state index contributed by atoms with van der Waals surface area (Å²) in [6.07, 6.45) is 5.79. The van der Waals surface area contributed by atoms with Crippen molar-refractivity contribution in [1.82, 2.24) is 0 Å². The quantitative estimate of drug-likeness (QED) is 0.656. The molecule has 0 N–H and O–H groups in total. The highest BCUT2D eigenvalue weighted by Gasteiger charge is 1.82. The molecule has 9 heavy (non-hydrogen) atoms. The molecule has 0 aliphatic heterocycles. The van der Waals surface area contributed by atoms with Gasteiger partial charge in [-0.05, 0) is 13.0 Å². The zero-order valence-corrected chi connectivity index (χ0v) is 8.37. The van der Waals surface area contributed by atoms with Gasteiger partial charge in [0.05, 0.1) is 0 Å². The second-order valence-corrected chi connectivity index (χ2v) is 3.41. The Morgan fingerprint density at radius 1 is 1.44 bits per heavy atom. The van der Waals surface area contributed by atoms with E-state index >= 15 is 0 Å². The van der Waals surface area contributed by atoms with Gasteiger partial charge in [-0.2, -0.15) is 0 Å². The van der Waals surface area contributed by atoms with Gasteiger partial charge in [0.15, 0.2) is 0 Å². The predicted octanol–water partition coefficient (Wildman–Crippen LogP) is 3.75. The van der Waals surface area contributed by atoms with Crippen molar-refractivity contribution in [2.75, 3.05) is 0 Å². The molecule has 0 bridgehead atoms. The van der Waals surface area contributed by atoms with Crippen LogP contribution < -0.4 is 0 Å². The van der Waals surface area contributed by atoms with Gasteiger partial charge in [-0.25, -0.2) is 0 Å². The van der Waals surface area contributed by atoms with Gasteiger partial charge in [-0.15, -0.1) is 0 Å². The minimum atomic E-state index is 0.868. The molecule has 0 spiro atoms. The Labute approximate surface area is 72.6 Å². The minimum Gasteiger partial charge on any atom is -0.0865 e. The summed E-state index contributed by atoms with van der Waals surface area (Å²) in [5, 5.41) is 0. The summed E-state index contributed by atoms with van der Waals surface area (Å²) in [6.45, 7) is 5.62.